The van der Waals surface area contributed by atoms with Gasteiger partial charge in [-0.15, -0.1) is 0 Å². The maximum Gasteiger partial charge on any atom is 0.317 e. The van der Waals surface area contributed by atoms with E-state index in [0.717, 1.165) is 38.5 Å². The van der Waals surface area contributed by atoms with Gasteiger partial charge in [0.1, 0.15) is 0 Å². The first-order valence-corrected chi connectivity index (χ1v) is 8.05. The third-order valence-electron chi connectivity index (χ3n) is 4.84. The molecule has 6 nitrogen and oxygen atoms in total. The number of hydrogen-bond acceptors (Lipinski definition) is 3. The van der Waals surface area contributed by atoms with Crippen LogP contribution in [0.15, 0.2) is 0 Å². The molecule has 1 aliphatic carbocycles. The fourth-order valence-corrected chi connectivity index (χ4v) is 3.42. The van der Waals surface area contributed by atoms with E-state index in [1.165, 1.54) is 0 Å². The predicted octanol–water partition coefficient (Wildman–Crippen LogP) is 1.54. The molecule has 2 aliphatic rings. The van der Waals surface area contributed by atoms with Gasteiger partial charge in [0.15, 0.2) is 0 Å². The first kappa shape index (κ1) is 16.1. The number of nitrogens with two attached hydrogens (primary N) is 1. The molecule has 0 bridgehead atoms. The minimum absolute atomic E-state index is 0.0378. The Morgan fingerprint density at radius 3 is 2.43 bits per heavy atom. The van der Waals surface area contributed by atoms with Crippen molar-refractivity contribution in [2.45, 2.75) is 57.4 Å². The summed E-state index contributed by atoms with van der Waals surface area (Å²) in [5.41, 5.74) is 5.09. The molecule has 1 atom stereocenters. The summed E-state index contributed by atoms with van der Waals surface area (Å²) >= 11 is 0. The molecular weight excluding hydrogens is 270 g/mol. The van der Waals surface area contributed by atoms with E-state index in [1.807, 2.05) is 0 Å². The second-order valence-electron chi connectivity index (χ2n) is 6.51. The number of nitrogens with zero attached hydrogens (tertiary/aromatic N) is 1. The third kappa shape index (κ3) is 4.09. The van der Waals surface area contributed by atoms with Crippen molar-refractivity contribution in [1.29, 1.82) is 0 Å². The van der Waals surface area contributed by atoms with Crippen LogP contribution < -0.4 is 11.1 Å². The average molecular weight is 297 g/mol. The van der Waals surface area contributed by atoms with Crippen LogP contribution in [0.25, 0.3) is 0 Å². The third-order valence-corrected chi connectivity index (χ3v) is 4.84. The fraction of sp³-hybridized carbons (Fsp3) is 0.867. The number of urea groups is 1. The molecule has 1 saturated carbocycles. The Kier molecular flexibility index (Phi) is 5.45. The number of nitrogens with one attached hydrogen (secondary N) is 1. The molecule has 1 heterocycles. The van der Waals surface area contributed by atoms with Gasteiger partial charge in [-0.05, 0) is 25.7 Å². The molecule has 2 rings (SSSR count). The largest absolute Gasteiger partial charge is 0.481 e. The van der Waals surface area contributed by atoms with Gasteiger partial charge in [0, 0.05) is 25.7 Å². The number of carbonyl (C=O) groups is 2. The molecule has 0 spiro atoms. The van der Waals surface area contributed by atoms with Crippen molar-refractivity contribution >= 4 is 12.0 Å². The molecule has 120 valence electrons. The summed E-state index contributed by atoms with van der Waals surface area (Å²) in [6.45, 7) is 1.50. The summed E-state index contributed by atoms with van der Waals surface area (Å²) in [6, 6.07) is -0.133. The SMILES string of the molecule is NC1CCCN(C(=O)NCC2(C(=O)O)CCCCCC2)C1. The van der Waals surface area contributed by atoms with E-state index in [4.69, 9.17) is 5.73 Å². The Morgan fingerprint density at radius 1 is 1.19 bits per heavy atom. The quantitative estimate of drug-likeness (QED) is 0.689. The number of piperidine rings is 1. The smallest absolute Gasteiger partial charge is 0.317 e. The van der Waals surface area contributed by atoms with Gasteiger partial charge in [-0.3, -0.25) is 4.79 Å². The highest BCUT2D eigenvalue weighted by Gasteiger charge is 2.39. The second kappa shape index (κ2) is 7.11. The van der Waals surface area contributed by atoms with Gasteiger partial charge in [0.2, 0.25) is 0 Å². The van der Waals surface area contributed by atoms with Gasteiger partial charge in [0.05, 0.1) is 5.41 Å². The highest BCUT2D eigenvalue weighted by Crippen LogP contribution is 2.34. The van der Waals surface area contributed by atoms with E-state index in [0.29, 0.717) is 25.9 Å². The van der Waals surface area contributed by atoms with E-state index >= 15 is 0 Å². The highest BCUT2D eigenvalue weighted by molar-refractivity contribution is 5.78. The van der Waals surface area contributed by atoms with E-state index in [9.17, 15) is 14.7 Å². The molecule has 0 aromatic heterocycles. The van der Waals surface area contributed by atoms with E-state index in [2.05, 4.69) is 5.32 Å². The van der Waals surface area contributed by atoms with Gasteiger partial charge in [-0.2, -0.15) is 0 Å². The van der Waals surface area contributed by atoms with Crippen LogP contribution in [-0.2, 0) is 4.79 Å². The molecule has 0 aromatic carbocycles. The lowest BCUT2D eigenvalue weighted by molar-refractivity contribution is -0.149. The Labute approximate surface area is 126 Å². The molecule has 4 N–H and O–H groups in total. The van der Waals surface area contributed by atoms with Crippen molar-refractivity contribution < 1.29 is 14.7 Å². The second-order valence-corrected chi connectivity index (χ2v) is 6.51. The maximum atomic E-state index is 12.2. The molecule has 0 aromatic rings. The van der Waals surface area contributed by atoms with Crippen LogP contribution in [0, 0.1) is 5.41 Å². The Hall–Kier alpha value is -1.30. The zero-order valence-electron chi connectivity index (χ0n) is 12.6. The van der Waals surface area contributed by atoms with Crippen LogP contribution in [0.3, 0.4) is 0 Å². The number of aliphatic carboxylic acids is 1. The number of hydrogen-bond donors (Lipinski definition) is 3. The van der Waals surface area contributed by atoms with Crippen molar-refractivity contribution in [1.82, 2.24) is 10.2 Å². The van der Waals surface area contributed by atoms with E-state index in [1.54, 1.807) is 4.90 Å². The number of carboxylic acid groups (broad SMARTS) is 1. The topological polar surface area (TPSA) is 95.7 Å². The zero-order chi connectivity index (χ0) is 15.3. The fourth-order valence-electron chi connectivity index (χ4n) is 3.42. The van der Waals surface area contributed by atoms with Gasteiger partial charge in [-0.25, -0.2) is 4.79 Å². The van der Waals surface area contributed by atoms with Gasteiger partial charge < -0.3 is 21.1 Å². The van der Waals surface area contributed by atoms with Crippen LogP contribution in [0.4, 0.5) is 4.79 Å². The zero-order valence-corrected chi connectivity index (χ0v) is 12.6. The van der Waals surface area contributed by atoms with Crippen LogP contribution in [0.2, 0.25) is 0 Å². The van der Waals surface area contributed by atoms with Gasteiger partial charge in [-0.1, -0.05) is 25.7 Å². The lowest BCUT2D eigenvalue weighted by atomic mass is 9.80. The summed E-state index contributed by atoms with van der Waals surface area (Å²) in [7, 11) is 0. The molecule has 2 amide bonds. The van der Waals surface area contributed by atoms with Crippen molar-refractivity contribution in [2.24, 2.45) is 11.1 Å². The number of amides is 2. The Morgan fingerprint density at radius 2 is 1.86 bits per heavy atom. The summed E-state index contributed by atoms with van der Waals surface area (Å²) in [5.74, 6) is -0.778. The molecule has 0 radical (unpaired) electrons. The van der Waals surface area contributed by atoms with Crippen LogP contribution in [-0.4, -0.2) is 47.7 Å². The van der Waals surface area contributed by atoms with Crippen molar-refractivity contribution in [2.75, 3.05) is 19.6 Å². The Balaban J connectivity index is 1.91. The lowest BCUT2D eigenvalue weighted by Gasteiger charge is -2.33. The van der Waals surface area contributed by atoms with Crippen LogP contribution in [0.5, 0.6) is 0 Å². The monoisotopic (exact) mass is 297 g/mol. The molecular formula is C15H27N3O3. The first-order valence-electron chi connectivity index (χ1n) is 8.05. The standard InChI is InChI=1S/C15H27N3O3/c16-12-6-5-9-18(10-12)14(21)17-11-15(13(19)20)7-3-1-2-4-8-15/h12H,1-11,16H2,(H,17,21)(H,19,20). The molecule has 21 heavy (non-hydrogen) atoms. The summed E-state index contributed by atoms with van der Waals surface area (Å²) in [5, 5.41) is 12.4. The minimum atomic E-state index is -0.788. The van der Waals surface area contributed by atoms with Gasteiger partial charge >= 0.3 is 12.0 Å². The van der Waals surface area contributed by atoms with Gasteiger partial charge in [0.25, 0.3) is 0 Å². The summed E-state index contributed by atoms with van der Waals surface area (Å²) in [6.07, 6.45) is 7.20. The maximum absolute atomic E-state index is 12.2. The molecule has 6 heteroatoms. The lowest BCUT2D eigenvalue weighted by Crippen LogP contribution is -2.52. The predicted molar refractivity (Wildman–Crippen MR) is 80.0 cm³/mol. The average Bonchev–Trinajstić information content (AvgIpc) is 2.71. The van der Waals surface area contributed by atoms with Crippen LogP contribution >= 0.6 is 0 Å². The highest BCUT2D eigenvalue weighted by atomic mass is 16.4. The molecule has 1 saturated heterocycles. The van der Waals surface area contributed by atoms with Crippen molar-refractivity contribution in [3.8, 4) is 0 Å². The normalized spacial score (nSPS) is 26.0. The minimum Gasteiger partial charge on any atom is -0.481 e. The first-order chi connectivity index (χ1) is 10.0. The number of carbonyl (C=O) groups excluding carboxylic acids is 1. The molecule has 2 fully saturated rings. The van der Waals surface area contributed by atoms with E-state index < -0.39 is 11.4 Å². The molecule has 1 unspecified atom stereocenters. The number of likely N-dealkylation sites (tertiary alicyclic amines) is 1. The van der Waals surface area contributed by atoms with E-state index in [-0.39, 0.29) is 18.6 Å². The Bertz CT molecular complexity index is 378. The van der Waals surface area contributed by atoms with Crippen LogP contribution in [0.1, 0.15) is 51.4 Å². The van der Waals surface area contributed by atoms with Crippen molar-refractivity contribution in [3.05, 3.63) is 0 Å². The number of carboxylic acids is 1. The number of rotatable bonds is 3. The molecule has 1 aliphatic heterocycles. The summed E-state index contributed by atoms with van der Waals surface area (Å²) in [4.78, 5) is 25.6. The summed E-state index contributed by atoms with van der Waals surface area (Å²) < 4.78 is 0. The van der Waals surface area contributed by atoms with Crippen molar-refractivity contribution in [3.63, 3.8) is 0 Å².